The Kier molecular flexibility index (Phi) is 10.9. The molecular weight excluding hydrogens is 1020 g/mol. The maximum absolute atomic E-state index is 7.65. The molecule has 8 saturated carbocycles. The van der Waals surface area contributed by atoms with E-state index in [1.165, 1.54) is 140 Å². The number of ether oxygens (including phenoxy) is 2. The fraction of sp³-hybridized carbons (Fsp3) is 0.657. The Bertz CT molecular complexity index is 2780. The van der Waals surface area contributed by atoms with Gasteiger partial charge in [-0.15, -0.1) is 0 Å². The van der Waals surface area contributed by atoms with Gasteiger partial charge in [0.15, 0.2) is 0 Å². The highest BCUT2D eigenvalue weighted by atomic mass is 31.1. The molecule has 0 amide bonds. The lowest BCUT2D eigenvalue weighted by Gasteiger charge is -2.80. The fourth-order valence-corrected chi connectivity index (χ4v) is 35.6. The lowest BCUT2D eigenvalue weighted by atomic mass is 9.59. The Morgan fingerprint density at radius 1 is 0.275 bits per heavy atom. The van der Waals surface area contributed by atoms with Crippen molar-refractivity contribution in [2.45, 2.75) is 271 Å². The summed E-state index contributed by atoms with van der Waals surface area (Å²) in [5.41, 5.74) is 10.5. The summed E-state index contributed by atoms with van der Waals surface area (Å²) < 4.78 is 15.3. The van der Waals surface area contributed by atoms with Gasteiger partial charge in [-0.05, 0) is 163 Å². The molecule has 16 aliphatic rings. The summed E-state index contributed by atoms with van der Waals surface area (Å²) in [6, 6.07) is 57.7. The van der Waals surface area contributed by atoms with Gasteiger partial charge in [0.05, 0.1) is 24.4 Å². The van der Waals surface area contributed by atoms with Crippen molar-refractivity contribution in [2.24, 2.45) is 11.8 Å². The van der Waals surface area contributed by atoms with Gasteiger partial charge in [-0.2, -0.15) is 0 Å². The second kappa shape index (κ2) is 18.2. The Hall–Kier alpha value is -3.22. The number of benzene rings is 4. The van der Waals surface area contributed by atoms with Crippen LogP contribution in [0.4, 0.5) is 22.7 Å². The summed E-state index contributed by atoms with van der Waals surface area (Å²) in [4.78, 5) is 19.9. The van der Waals surface area contributed by atoms with Crippen molar-refractivity contribution < 1.29 is 9.47 Å². The summed E-state index contributed by atoms with van der Waals surface area (Å²) in [5, 5.41) is 0. The summed E-state index contributed by atoms with van der Waals surface area (Å²) in [7, 11) is -0.655. The maximum atomic E-state index is 7.65. The molecular formula is C70H86N6O2P2. The molecule has 0 aromatic heterocycles. The maximum Gasteiger partial charge on any atom is 0.0742 e. The number of hydrogen-bond donors (Lipinski definition) is 0. The Morgan fingerprint density at radius 3 is 1.02 bits per heavy atom. The highest BCUT2D eigenvalue weighted by molar-refractivity contribution is 7.61. The average Bonchev–Trinajstić information content (AvgIpc) is 3.52. The molecule has 0 N–H and O–H groups in total. The molecule has 16 fully saturated rings. The van der Waals surface area contributed by atoms with Crippen LogP contribution in [0, 0.1) is 11.8 Å². The fourth-order valence-electron chi connectivity index (χ4n) is 24.9. The average molecular weight is 1110 g/mol. The SMILES string of the molecule is c1ccc(N2C3CC4C(CC5C6C4N(c4ccccc4)C4CCCC7C4P6C4C(CCC6OC8CCCCC8N7C64)N5c4ccccc4)C4C3P3C5C(CCCC5N5C6CCCCC6OC6CCC2C3C65)N4c2ccccc2)cc1. The highest BCUT2D eigenvalue weighted by Crippen LogP contribution is 2.79. The molecule has 8 nitrogen and oxygen atoms in total. The molecule has 0 spiro atoms. The van der Waals surface area contributed by atoms with Gasteiger partial charge >= 0.3 is 0 Å². The normalized spacial score (nSPS) is 50.5. The zero-order valence-corrected chi connectivity index (χ0v) is 48.9. The molecule has 4 aromatic carbocycles. The Labute approximate surface area is 479 Å². The van der Waals surface area contributed by atoms with Gasteiger partial charge in [-0.25, -0.2) is 0 Å². The number of nitrogens with zero attached hydrogens (tertiary/aromatic N) is 6. The van der Waals surface area contributed by atoms with E-state index in [9.17, 15) is 0 Å². The number of fused-ring (bicyclic) bond motifs is 9. The first-order valence-electron chi connectivity index (χ1n) is 33.5. The molecule has 0 bridgehead atoms. The van der Waals surface area contributed by atoms with Crippen molar-refractivity contribution in [3.63, 3.8) is 0 Å². The van der Waals surface area contributed by atoms with Crippen molar-refractivity contribution in [3.05, 3.63) is 121 Å². The number of anilines is 4. The molecule has 28 atom stereocenters. The van der Waals surface area contributed by atoms with Crippen LogP contribution in [-0.4, -0.2) is 153 Å². The molecule has 80 heavy (non-hydrogen) atoms. The van der Waals surface area contributed by atoms with Crippen LogP contribution >= 0.6 is 15.8 Å². The standard InChI is InChI=1S/C70H86N6O2P2/c1-5-19-41(20-6-1)71-53-35-37-59-63-67(53)79-65-49(29-17-31-51(65)75(63)47-27-13-15-33-57(47)77-59)73(43-23-9-3-10-24-43)61-46-40-56-70-62(45(46)39-55(71)69(61)79)74(44-25-11-4-12-26-44)50-30-18-32-52-66(50)80(70)68-54(72(56)42-21-7-2-8-22-42)36-38-60-64(68)76(52)48-28-14-16-34-58(48)78-60/h1-12,19-26,45-70H,13-18,27-40H2. The molecule has 418 valence electrons. The van der Waals surface area contributed by atoms with E-state index in [1.54, 1.807) is 11.4 Å². The van der Waals surface area contributed by atoms with Gasteiger partial charge in [0, 0.05) is 141 Å². The minimum atomic E-state index is -0.328. The van der Waals surface area contributed by atoms with E-state index in [0.717, 1.165) is 11.3 Å². The number of morpholine rings is 2. The molecule has 10 heteroatoms. The van der Waals surface area contributed by atoms with Crippen LogP contribution in [0.15, 0.2) is 121 Å². The van der Waals surface area contributed by atoms with Crippen LogP contribution in [0.3, 0.4) is 0 Å². The third-order valence-electron chi connectivity index (χ3n) is 26.6. The van der Waals surface area contributed by atoms with E-state index in [2.05, 4.69) is 151 Å². The van der Waals surface area contributed by atoms with Crippen molar-refractivity contribution in [2.75, 3.05) is 19.6 Å². The summed E-state index contributed by atoms with van der Waals surface area (Å²) in [6.45, 7) is 0. The predicted molar refractivity (Wildman–Crippen MR) is 326 cm³/mol. The lowest BCUT2D eigenvalue weighted by molar-refractivity contribution is -0.196. The van der Waals surface area contributed by atoms with Crippen LogP contribution in [0.5, 0.6) is 0 Å². The molecule has 8 saturated heterocycles. The quantitative estimate of drug-likeness (QED) is 0.187. The smallest absolute Gasteiger partial charge is 0.0742 e. The first-order chi connectivity index (χ1) is 39.8. The topological polar surface area (TPSA) is 37.9 Å². The Balaban J connectivity index is 0.823. The molecule has 8 aliphatic carbocycles. The number of rotatable bonds is 4. The molecule has 4 aromatic rings. The van der Waals surface area contributed by atoms with Gasteiger partial charge in [-0.1, -0.05) is 114 Å². The number of hydrogen-bond acceptors (Lipinski definition) is 8. The summed E-state index contributed by atoms with van der Waals surface area (Å²) in [5.74, 6) is 1.23. The van der Waals surface area contributed by atoms with Crippen LogP contribution in [0.1, 0.15) is 128 Å². The van der Waals surface area contributed by atoms with Crippen LogP contribution in [0.2, 0.25) is 0 Å². The first kappa shape index (κ1) is 48.1. The van der Waals surface area contributed by atoms with Gasteiger partial charge in [0.25, 0.3) is 0 Å². The van der Waals surface area contributed by atoms with E-state index in [-0.39, 0.29) is 15.8 Å². The third-order valence-corrected chi connectivity index (χ3v) is 34.7. The predicted octanol–water partition coefficient (Wildman–Crippen LogP) is 12.7. The Morgan fingerprint density at radius 2 is 0.613 bits per heavy atom. The zero-order chi connectivity index (χ0) is 51.6. The molecule has 28 unspecified atom stereocenters. The third kappa shape index (κ3) is 6.37. The molecule has 8 heterocycles. The first-order valence-corrected chi connectivity index (χ1v) is 36.6. The van der Waals surface area contributed by atoms with Gasteiger partial charge in [0.2, 0.25) is 0 Å². The van der Waals surface area contributed by atoms with Gasteiger partial charge in [-0.3, -0.25) is 9.80 Å². The summed E-state index contributed by atoms with van der Waals surface area (Å²) >= 11 is 0. The van der Waals surface area contributed by atoms with E-state index < -0.39 is 0 Å². The second-order valence-corrected chi connectivity index (χ2v) is 34.5. The van der Waals surface area contributed by atoms with Crippen LogP contribution < -0.4 is 19.6 Å². The molecule has 0 radical (unpaired) electrons. The van der Waals surface area contributed by atoms with Crippen LogP contribution in [-0.2, 0) is 9.47 Å². The number of para-hydroxylation sites is 4. The van der Waals surface area contributed by atoms with E-state index in [0.29, 0.717) is 143 Å². The lowest BCUT2D eigenvalue weighted by Crippen LogP contribution is -2.87. The zero-order valence-electron chi connectivity index (χ0n) is 47.1. The minimum absolute atomic E-state index is 0.328. The van der Waals surface area contributed by atoms with E-state index >= 15 is 0 Å². The van der Waals surface area contributed by atoms with Crippen molar-refractivity contribution in [1.29, 1.82) is 0 Å². The minimum Gasteiger partial charge on any atom is -0.372 e. The van der Waals surface area contributed by atoms with Crippen molar-refractivity contribution in [1.82, 2.24) is 9.80 Å². The van der Waals surface area contributed by atoms with Crippen LogP contribution in [0.25, 0.3) is 0 Å². The van der Waals surface area contributed by atoms with Gasteiger partial charge in [0.1, 0.15) is 0 Å². The van der Waals surface area contributed by atoms with Gasteiger partial charge < -0.3 is 29.1 Å². The van der Waals surface area contributed by atoms with E-state index in [1.807, 2.05) is 0 Å². The largest absolute Gasteiger partial charge is 0.372 e. The highest BCUT2D eigenvalue weighted by Gasteiger charge is 2.77. The monoisotopic (exact) mass is 1100 g/mol. The van der Waals surface area contributed by atoms with Crippen molar-refractivity contribution in [3.8, 4) is 0 Å². The summed E-state index contributed by atoms with van der Waals surface area (Å²) in [6.07, 6.45) is 28.5. The van der Waals surface area contributed by atoms with Crippen molar-refractivity contribution >= 4 is 38.6 Å². The second-order valence-electron chi connectivity index (χ2n) is 29.2. The molecule has 20 rings (SSSR count). The van der Waals surface area contributed by atoms with E-state index in [4.69, 9.17) is 9.47 Å². The molecule has 8 aliphatic heterocycles.